The van der Waals surface area contributed by atoms with Crippen molar-refractivity contribution in [2.75, 3.05) is 13.1 Å². The highest BCUT2D eigenvalue weighted by Gasteiger charge is 2.24. The Morgan fingerprint density at radius 1 is 0.875 bits per heavy atom. The van der Waals surface area contributed by atoms with Crippen LogP contribution in [0.3, 0.4) is 0 Å². The molecule has 0 aliphatic carbocycles. The van der Waals surface area contributed by atoms with Crippen LogP contribution in [0.15, 0.2) is 30.3 Å². The van der Waals surface area contributed by atoms with E-state index < -0.39 is 6.04 Å². The third kappa shape index (κ3) is 6.40. The minimum Gasteiger partial charge on any atom is -0.354 e. The first-order chi connectivity index (χ1) is 11.3. The summed E-state index contributed by atoms with van der Waals surface area (Å²) in [5, 5.41) is 8.24. The molecule has 3 N–H and O–H groups in total. The highest BCUT2D eigenvalue weighted by molar-refractivity contribution is 5.97. The van der Waals surface area contributed by atoms with E-state index in [4.69, 9.17) is 0 Å². The van der Waals surface area contributed by atoms with Crippen molar-refractivity contribution in [3.63, 3.8) is 0 Å². The Labute approximate surface area is 143 Å². The summed E-state index contributed by atoms with van der Waals surface area (Å²) in [5.74, 6) is -0.732. The van der Waals surface area contributed by atoms with Gasteiger partial charge in [0.1, 0.15) is 6.04 Å². The summed E-state index contributed by atoms with van der Waals surface area (Å²) < 4.78 is 0. The molecule has 0 heterocycles. The number of rotatable bonds is 8. The molecule has 24 heavy (non-hydrogen) atoms. The zero-order valence-corrected chi connectivity index (χ0v) is 14.8. The highest BCUT2D eigenvalue weighted by atomic mass is 16.2. The van der Waals surface area contributed by atoms with Gasteiger partial charge in [-0.25, -0.2) is 0 Å². The van der Waals surface area contributed by atoms with Gasteiger partial charge in [-0.2, -0.15) is 0 Å². The van der Waals surface area contributed by atoms with Gasteiger partial charge in [-0.3, -0.25) is 14.4 Å². The van der Waals surface area contributed by atoms with Gasteiger partial charge >= 0.3 is 0 Å². The van der Waals surface area contributed by atoms with E-state index in [1.54, 1.807) is 24.3 Å². The summed E-state index contributed by atoms with van der Waals surface area (Å²) in [6, 6.07) is 8.15. The highest BCUT2D eigenvalue weighted by Crippen LogP contribution is 2.05. The van der Waals surface area contributed by atoms with Crippen LogP contribution in [-0.2, 0) is 9.59 Å². The average Bonchev–Trinajstić information content (AvgIpc) is 2.56. The molecule has 3 amide bonds. The van der Waals surface area contributed by atoms with Crippen molar-refractivity contribution < 1.29 is 14.4 Å². The molecule has 6 heteroatoms. The molecule has 0 bridgehead atoms. The molecular weight excluding hydrogens is 306 g/mol. The number of benzene rings is 1. The van der Waals surface area contributed by atoms with E-state index in [2.05, 4.69) is 16.0 Å². The smallest absolute Gasteiger partial charge is 0.251 e. The quantitative estimate of drug-likeness (QED) is 0.627. The minimum absolute atomic E-state index is 0.0529. The molecule has 0 spiro atoms. The summed E-state index contributed by atoms with van der Waals surface area (Å²) in [6.07, 6.45) is 0. The lowest BCUT2D eigenvalue weighted by molar-refractivity contribution is -0.125. The van der Waals surface area contributed by atoms with Crippen molar-refractivity contribution in [3.8, 4) is 0 Å². The Hall–Kier alpha value is -2.37. The van der Waals surface area contributed by atoms with Crippen LogP contribution in [0.5, 0.6) is 0 Å². The second-order valence-electron chi connectivity index (χ2n) is 6.30. The maximum absolute atomic E-state index is 12.3. The van der Waals surface area contributed by atoms with Crippen LogP contribution in [-0.4, -0.2) is 36.9 Å². The van der Waals surface area contributed by atoms with Crippen LogP contribution >= 0.6 is 0 Å². The Kier molecular flexibility index (Phi) is 7.95. The summed E-state index contributed by atoms with van der Waals surface area (Å²) >= 11 is 0. The molecule has 0 aromatic heterocycles. The fourth-order valence-corrected chi connectivity index (χ4v) is 2.03. The average molecular weight is 333 g/mol. The lowest BCUT2D eigenvalue weighted by Crippen LogP contribution is -2.51. The van der Waals surface area contributed by atoms with Crippen LogP contribution in [0.2, 0.25) is 0 Å². The van der Waals surface area contributed by atoms with Gasteiger partial charge in [0.25, 0.3) is 5.91 Å². The first kappa shape index (κ1) is 19.7. The predicted molar refractivity (Wildman–Crippen MR) is 93.4 cm³/mol. The van der Waals surface area contributed by atoms with E-state index in [1.807, 2.05) is 33.8 Å². The lowest BCUT2D eigenvalue weighted by atomic mass is 10.0. The summed E-state index contributed by atoms with van der Waals surface area (Å²) in [4.78, 5) is 36.0. The molecule has 132 valence electrons. The lowest BCUT2D eigenvalue weighted by Gasteiger charge is -2.22. The molecule has 0 aliphatic rings. The Morgan fingerprint density at radius 2 is 1.42 bits per heavy atom. The van der Waals surface area contributed by atoms with Gasteiger partial charge in [0.2, 0.25) is 11.8 Å². The normalized spacial score (nSPS) is 11.9. The number of nitrogens with one attached hydrogen (secondary N) is 3. The number of hydrogen-bond acceptors (Lipinski definition) is 3. The second-order valence-corrected chi connectivity index (χ2v) is 6.30. The van der Waals surface area contributed by atoms with Crippen LogP contribution in [0, 0.1) is 11.8 Å². The van der Waals surface area contributed by atoms with E-state index in [-0.39, 0.29) is 29.6 Å². The molecule has 1 unspecified atom stereocenters. The van der Waals surface area contributed by atoms with E-state index in [0.29, 0.717) is 18.7 Å². The fourth-order valence-electron chi connectivity index (χ4n) is 2.03. The monoisotopic (exact) mass is 333 g/mol. The van der Waals surface area contributed by atoms with E-state index in [1.165, 1.54) is 0 Å². The Bertz CT molecular complexity index is 556. The zero-order chi connectivity index (χ0) is 18.1. The van der Waals surface area contributed by atoms with Crippen LogP contribution in [0.1, 0.15) is 38.1 Å². The number of hydrogen-bond donors (Lipinski definition) is 3. The van der Waals surface area contributed by atoms with Gasteiger partial charge < -0.3 is 16.0 Å². The van der Waals surface area contributed by atoms with Crippen molar-refractivity contribution in [1.29, 1.82) is 0 Å². The molecule has 0 radical (unpaired) electrons. The maximum Gasteiger partial charge on any atom is 0.251 e. The van der Waals surface area contributed by atoms with E-state index in [0.717, 1.165) is 0 Å². The van der Waals surface area contributed by atoms with Crippen molar-refractivity contribution in [1.82, 2.24) is 16.0 Å². The first-order valence-corrected chi connectivity index (χ1v) is 8.24. The molecule has 0 saturated heterocycles. The van der Waals surface area contributed by atoms with Gasteiger partial charge in [-0.05, 0) is 18.1 Å². The summed E-state index contributed by atoms with van der Waals surface area (Å²) in [5.41, 5.74) is 0.514. The zero-order valence-electron chi connectivity index (χ0n) is 14.8. The van der Waals surface area contributed by atoms with Gasteiger partial charge in [0.05, 0.1) is 0 Å². The molecule has 0 saturated carbocycles. The molecule has 1 aromatic rings. The molecule has 1 atom stereocenters. The molecule has 0 fully saturated rings. The standard InChI is InChI=1S/C18H27N3O3/c1-12(2)15(21-17(23)14-8-6-5-7-9-14)18(24)20-11-10-19-16(22)13(3)4/h5-9,12-13,15H,10-11H2,1-4H3,(H,19,22)(H,20,24)(H,21,23). The molecule has 1 rings (SSSR count). The SMILES string of the molecule is CC(C)C(=O)NCCNC(=O)C(NC(=O)c1ccccc1)C(C)C. The van der Waals surface area contributed by atoms with Crippen LogP contribution in [0.25, 0.3) is 0 Å². The molecule has 1 aromatic carbocycles. The largest absolute Gasteiger partial charge is 0.354 e. The number of carbonyl (C=O) groups excluding carboxylic acids is 3. The second kappa shape index (κ2) is 9.70. The van der Waals surface area contributed by atoms with Gasteiger partial charge in [0, 0.05) is 24.6 Å². The molecule has 6 nitrogen and oxygen atoms in total. The molecular formula is C18H27N3O3. The van der Waals surface area contributed by atoms with Gasteiger partial charge in [0.15, 0.2) is 0 Å². The molecule has 0 aliphatic heterocycles. The minimum atomic E-state index is -0.626. The van der Waals surface area contributed by atoms with E-state index >= 15 is 0 Å². The van der Waals surface area contributed by atoms with Crippen molar-refractivity contribution in [2.45, 2.75) is 33.7 Å². The number of amides is 3. The number of carbonyl (C=O) groups is 3. The van der Waals surface area contributed by atoms with Gasteiger partial charge in [-0.1, -0.05) is 45.9 Å². The summed E-state index contributed by atoms with van der Waals surface area (Å²) in [6.45, 7) is 8.04. The topological polar surface area (TPSA) is 87.3 Å². The summed E-state index contributed by atoms with van der Waals surface area (Å²) in [7, 11) is 0. The van der Waals surface area contributed by atoms with Gasteiger partial charge in [-0.15, -0.1) is 0 Å². The van der Waals surface area contributed by atoms with Crippen molar-refractivity contribution >= 4 is 17.7 Å². The Balaban J connectivity index is 2.51. The van der Waals surface area contributed by atoms with Crippen LogP contribution in [0.4, 0.5) is 0 Å². The first-order valence-electron chi connectivity index (χ1n) is 8.24. The fraction of sp³-hybridized carbons (Fsp3) is 0.500. The van der Waals surface area contributed by atoms with Crippen molar-refractivity contribution in [3.05, 3.63) is 35.9 Å². The van der Waals surface area contributed by atoms with Crippen molar-refractivity contribution in [2.24, 2.45) is 11.8 Å². The Morgan fingerprint density at radius 3 is 1.92 bits per heavy atom. The third-order valence-corrected chi connectivity index (χ3v) is 3.52. The van der Waals surface area contributed by atoms with Crippen LogP contribution < -0.4 is 16.0 Å². The van der Waals surface area contributed by atoms with E-state index in [9.17, 15) is 14.4 Å². The predicted octanol–water partition coefficient (Wildman–Crippen LogP) is 1.33. The third-order valence-electron chi connectivity index (χ3n) is 3.52. The maximum atomic E-state index is 12.3.